The summed E-state index contributed by atoms with van der Waals surface area (Å²) in [5.74, 6) is 0.694. The summed E-state index contributed by atoms with van der Waals surface area (Å²) in [4.78, 5) is 10.8. The fraction of sp³-hybridized carbons (Fsp3) is 0.462. The molecule has 100 valence electrons. The fourth-order valence-corrected chi connectivity index (χ4v) is 1.19. The zero-order chi connectivity index (χ0) is 13.1. The molecule has 0 heterocycles. The average Bonchev–Trinajstić information content (AvgIpc) is 2.42. The minimum atomic E-state index is -0.137. The van der Waals surface area contributed by atoms with Gasteiger partial charge in [-0.15, -0.1) is 0 Å². The molecule has 0 aliphatic carbocycles. The molecule has 0 aliphatic rings. The van der Waals surface area contributed by atoms with Crippen LogP contribution >= 0.6 is 0 Å². The van der Waals surface area contributed by atoms with Gasteiger partial charge in [0, 0.05) is 7.05 Å². The molecule has 0 saturated heterocycles. The van der Waals surface area contributed by atoms with E-state index in [1.165, 1.54) is 0 Å². The standard InChI is InChI=1S/C13H19NO4/c1-14-13(15)11-17-8-7-16-9-10-18-12-5-3-2-4-6-12/h2-6H,7-11H2,1H3,(H,14,15). The number of carbonyl (C=O) groups is 1. The van der Waals surface area contributed by atoms with Gasteiger partial charge in [-0.05, 0) is 12.1 Å². The van der Waals surface area contributed by atoms with Crippen molar-refractivity contribution in [3.8, 4) is 5.75 Å². The van der Waals surface area contributed by atoms with E-state index in [1.807, 2.05) is 30.3 Å². The van der Waals surface area contributed by atoms with Crippen LogP contribution in [0.3, 0.4) is 0 Å². The number of para-hydroxylation sites is 1. The number of hydrogen-bond acceptors (Lipinski definition) is 4. The Morgan fingerprint density at radius 2 is 1.72 bits per heavy atom. The minimum absolute atomic E-state index is 0.0698. The Balaban J connectivity index is 1.89. The van der Waals surface area contributed by atoms with Crippen molar-refractivity contribution >= 4 is 5.91 Å². The number of nitrogens with one attached hydrogen (secondary N) is 1. The summed E-state index contributed by atoms with van der Waals surface area (Å²) in [6, 6.07) is 9.57. The third kappa shape index (κ3) is 6.88. The van der Waals surface area contributed by atoms with E-state index in [2.05, 4.69) is 5.32 Å². The molecule has 0 spiro atoms. The molecule has 5 heteroatoms. The van der Waals surface area contributed by atoms with Gasteiger partial charge in [0.25, 0.3) is 0 Å². The summed E-state index contributed by atoms with van der Waals surface area (Å²) in [6.45, 7) is 1.92. The zero-order valence-electron chi connectivity index (χ0n) is 10.6. The molecule has 0 bridgehead atoms. The van der Waals surface area contributed by atoms with Crippen LogP contribution in [0.25, 0.3) is 0 Å². The van der Waals surface area contributed by atoms with Gasteiger partial charge in [0.05, 0.1) is 19.8 Å². The quantitative estimate of drug-likeness (QED) is 0.663. The number of likely N-dealkylation sites (N-methyl/N-ethyl adjacent to an activating group) is 1. The first-order valence-electron chi connectivity index (χ1n) is 5.87. The summed E-state index contributed by atoms with van der Waals surface area (Å²) < 4.78 is 15.8. The van der Waals surface area contributed by atoms with Crippen LogP contribution in [0.1, 0.15) is 0 Å². The first kappa shape index (κ1) is 14.5. The lowest BCUT2D eigenvalue weighted by molar-refractivity contribution is -0.125. The summed E-state index contributed by atoms with van der Waals surface area (Å²) in [6.07, 6.45) is 0. The number of benzene rings is 1. The number of ether oxygens (including phenoxy) is 3. The van der Waals surface area contributed by atoms with Crippen LogP contribution in [0.4, 0.5) is 0 Å². The lowest BCUT2D eigenvalue weighted by Crippen LogP contribution is -2.24. The van der Waals surface area contributed by atoms with E-state index in [9.17, 15) is 4.79 Å². The molecule has 18 heavy (non-hydrogen) atoms. The molecule has 0 radical (unpaired) electrons. The van der Waals surface area contributed by atoms with Gasteiger partial charge in [0.1, 0.15) is 19.0 Å². The molecule has 0 unspecified atom stereocenters. The minimum Gasteiger partial charge on any atom is -0.491 e. The Labute approximate surface area is 107 Å². The zero-order valence-corrected chi connectivity index (χ0v) is 10.6. The maximum atomic E-state index is 10.8. The molecule has 1 N–H and O–H groups in total. The normalized spacial score (nSPS) is 10.1. The second kappa shape index (κ2) is 9.44. The molecule has 1 aromatic rings. The smallest absolute Gasteiger partial charge is 0.245 e. The number of rotatable bonds is 9. The highest BCUT2D eigenvalue weighted by molar-refractivity contribution is 5.76. The van der Waals surface area contributed by atoms with Gasteiger partial charge in [-0.2, -0.15) is 0 Å². The molecule has 1 amide bonds. The van der Waals surface area contributed by atoms with Crippen molar-refractivity contribution in [2.45, 2.75) is 0 Å². The Hall–Kier alpha value is -1.59. The van der Waals surface area contributed by atoms with E-state index >= 15 is 0 Å². The number of hydrogen-bond donors (Lipinski definition) is 1. The molecule has 0 atom stereocenters. The van der Waals surface area contributed by atoms with E-state index in [1.54, 1.807) is 7.05 Å². The summed E-state index contributed by atoms with van der Waals surface area (Å²) in [5, 5.41) is 2.47. The molecule has 5 nitrogen and oxygen atoms in total. The van der Waals surface area contributed by atoms with Gasteiger partial charge in [-0.25, -0.2) is 0 Å². The maximum absolute atomic E-state index is 10.8. The maximum Gasteiger partial charge on any atom is 0.245 e. The van der Waals surface area contributed by atoms with Crippen molar-refractivity contribution in [3.63, 3.8) is 0 Å². The van der Waals surface area contributed by atoms with Crippen LogP contribution in [0.5, 0.6) is 5.75 Å². The van der Waals surface area contributed by atoms with Crippen molar-refractivity contribution in [2.75, 3.05) is 40.1 Å². The first-order valence-corrected chi connectivity index (χ1v) is 5.87. The second-order valence-electron chi connectivity index (χ2n) is 3.50. The van der Waals surface area contributed by atoms with E-state index in [4.69, 9.17) is 14.2 Å². The molecule has 0 aliphatic heterocycles. The van der Waals surface area contributed by atoms with Gasteiger partial charge < -0.3 is 19.5 Å². The van der Waals surface area contributed by atoms with E-state index in [-0.39, 0.29) is 12.5 Å². The highest BCUT2D eigenvalue weighted by Gasteiger charge is 1.97. The van der Waals surface area contributed by atoms with Crippen molar-refractivity contribution < 1.29 is 19.0 Å². The van der Waals surface area contributed by atoms with Gasteiger partial charge in [0.2, 0.25) is 5.91 Å². The number of carbonyl (C=O) groups excluding carboxylic acids is 1. The van der Waals surface area contributed by atoms with Crippen LogP contribution in [-0.4, -0.2) is 46.0 Å². The van der Waals surface area contributed by atoms with Crippen LogP contribution in [0.15, 0.2) is 30.3 Å². The summed E-state index contributed by atoms with van der Waals surface area (Å²) >= 11 is 0. The van der Waals surface area contributed by atoms with Crippen molar-refractivity contribution in [2.24, 2.45) is 0 Å². The molecule has 0 fully saturated rings. The summed E-state index contributed by atoms with van der Waals surface area (Å²) in [7, 11) is 1.57. The summed E-state index contributed by atoms with van der Waals surface area (Å²) in [5.41, 5.74) is 0. The lowest BCUT2D eigenvalue weighted by atomic mass is 10.3. The van der Waals surface area contributed by atoms with Crippen LogP contribution in [0.2, 0.25) is 0 Å². The van der Waals surface area contributed by atoms with Crippen LogP contribution in [-0.2, 0) is 14.3 Å². The predicted molar refractivity (Wildman–Crippen MR) is 67.6 cm³/mol. The van der Waals surface area contributed by atoms with Gasteiger partial charge in [-0.1, -0.05) is 18.2 Å². The molecular weight excluding hydrogens is 234 g/mol. The largest absolute Gasteiger partial charge is 0.491 e. The average molecular weight is 253 g/mol. The molecule has 0 aromatic heterocycles. The predicted octanol–water partition coefficient (Wildman–Crippen LogP) is 0.845. The Morgan fingerprint density at radius 1 is 1.06 bits per heavy atom. The topological polar surface area (TPSA) is 56.8 Å². The third-order valence-electron chi connectivity index (χ3n) is 2.12. The lowest BCUT2D eigenvalue weighted by Gasteiger charge is -2.07. The Bertz CT molecular complexity index is 329. The Morgan fingerprint density at radius 3 is 2.44 bits per heavy atom. The van der Waals surface area contributed by atoms with Crippen molar-refractivity contribution in [3.05, 3.63) is 30.3 Å². The van der Waals surface area contributed by atoms with Gasteiger partial charge >= 0.3 is 0 Å². The van der Waals surface area contributed by atoms with E-state index in [0.717, 1.165) is 5.75 Å². The highest BCUT2D eigenvalue weighted by atomic mass is 16.5. The monoisotopic (exact) mass is 253 g/mol. The number of amides is 1. The van der Waals surface area contributed by atoms with Crippen LogP contribution in [0, 0.1) is 0 Å². The molecule has 1 rings (SSSR count). The SMILES string of the molecule is CNC(=O)COCCOCCOc1ccccc1. The van der Waals surface area contributed by atoms with Crippen molar-refractivity contribution in [1.29, 1.82) is 0 Å². The molecule has 1 aromatic carbocycles. The fourth-order valence-electron chi connectivity index (χ4n) is 1.19. The van der Waals surface area contributed by atoms with Gasteiger partial charge in [-0.3, -0.25) is 4.79 Å². The first-order chi connectivity index (χ1) is 8.83. The third-order valence-corrected chi connectivity index (χ3v) is 2.12. The van der Waals surface area contributed by atoms with E-state index in [0.29, 0.717) is 26.4 Å². The van der Waals surface area contributed by atoms with Crippen molar-refractivity contribution in [1.82, 2.24) is 5.32 Å². The van der Waals surface area contributed by atoms with Crippen LogP contribution < -0.4 is 10.1 Å². The molecule has 0 saturated carbocycles. The second-order valence-corrected chi connectivity index (χ2v) is 3.50. The molecular formula is C13H19NO4. The van der Waals surface area contributed by atoms with E-state index < -0.39 is 0 Å². The highest BCUT2D eigenvalue weighted by Crippen LogP contribution is 2.07. The Kier molecular flexibility index (Phi) is 7.59. The van der Waals surface area contributed by atoms with Gasteiger partial charge in [0.15, 0.2) is 0 Å².